The molecule has 0 unspecified atom stereocenters. The van der Waals surface area contributed by atoms with Crippen LogP contribution in [0.3, 0.4) is 0 Å². The van der Waals surface area contributed by atoms with E-state index in [4.69, 9.17) is 11.6 Å². The molecule has 0 aromatic heterocycles. The highest BCUT2D eigenvalue weighted by molar-refractivity contribution is 6.30. The van der Waals surface area contributed by atoms with Gasteiger partial charge in [-0.1, -0.05) is 41.9 Å². The number of halogens is 1. The Hall–Kier alpha value is -2.33. The van der Waals surface area contributed by atoms with Crippen LogP contribution in [0.1, 0.15) is 11.1 Å². The van der Waals surface area contributed by atoms with E-state index in [0.717, 1.165) is 16.8 Å². The molecule has 2 N–H and O–H groups in total. The third kappa shape index (κ3) is 2.30. The van der Waals surface area contributed by atoms with Crippen LogP contribution in [0.4, 0.5) is 10.5 Å². The second-order valence-corrected chi connectivity index (χ2v) is 4.52. The highest BCUT2D eigenvalue weighted by Crippen LogP contribution is 2.22. The van der Waals surface area contributed by atoms with Gasteiger partial charge in [0.05, 0.1) is 5.69 Å². The third-order valence-corrected chi connectivity index (χ3v) is 3.07. The first-order valence-corrected chi connectivity index (χ1v) is 6.12. The number of amides is 2. The van der Waals surface area contributed by atoms with E-state index in [1.807, 2.05) is 36.4 Å². The van der Waals surface area contributed by atoms with E-state index in [1.54, 1.807) is 12.1 Å². The highest BCUT2D eigenvalue weighted by Gasteiger charge is 2.17. The number of urea groups is 1. The van der Waals surface area contributed by atoms with E-state index in [9.17, 15) is 4.79 Å². The molecular weight excluding hydrogens is 262 g/mol. The molecule has 2 aromatic carbocycles. The molecule has 0 spiro atoms. The van der Waals surface area contributed by atoms with E-state index in [-0.39, 0.29) is 6.03 Å². The Labute approximate surface area is 115 Å². The maximum atomic E-state index is 11.5. The van der Waals surface area contributed by atoms with Crippen LogP contribution in [0, 0.1) is 0 Å². The molecule has 5 heteroatoms. The predicted octanol–water partition coefficient (Wildman–Crippen LogP) is 3.23. The number of carbonyl (C=O) groups excluding carboxylic acids is 1. The maximum Gasteiger partial charge on any atom is 0.339 e. The summed E-state index contributed by atoms with van der Waals surface area (Å²) in [5.74, 6) is 0. The summed E-state index contributed by atoms with van der Waals surface area (Å²) in [5, 5.41) is 7.56. The molecule has 0 bridgehead atoms. The van der Waals surface area contributed by atoms with Crippen molar-refractivity contribution in [1.29, 1.82) is 0 Å². The largest absolute Gasteiger partial charge is 0.339 e. The molecule has 0 aliphatic carbocycles. The molecule has 1 aliphatic rings. The Balaban J connectivity index is 2.14. The molecule has 0 saturated heterocycles. The van der Waals surface area contributed by atoms with Gasteiger partial charge in [-0.05, 0) is 18.2 Å². The second-order valence-electron chi connectivity index (χ2n) is 4.08. The first-order chi connectivity index (χ1) is 9.24. The van der Waals surface area contributed by atoms with Crippen molar-refractivity contribution in [2.75, 3.05) is 5.32 Å². The van der Waals surface area contributed by atoms with Crippen molar-refractivity contribution in [1.82, 2.24) is 5.43 Å². The Morgan fingerprint density at radius 2 is 1.74 bits per heavy atom. The second kappa shape index (κ2) is 4.74. The van der Waals surface area contributed by atoms with Crippen molar-refractivity contribution in [2.45, 2.75) is 0 Å². The fraction of sp³-hybridized carbons (Fsp3) is 0. The van der Waals surface area contributed by atoms with Gasteiger partial charge in [0.25, 0.3) is 0 Å². The molecule has 2 aromatic rings. The number of hydrogen-bond acceptors (Lipinski definition) is 2. The van der Waals surface area contributed by atoms with Crippen molar-refractivity contribution < 1.29 is 4.79 Å². The molecule has 4 nitrogen and oxygen atoms in total. The van der Waals surface area contributed by atoms with Crippen LogP contribution in [0.5, 0.6) is 0 Å². The average Bonchev–Trinajstić information content (AvgIpc) is 2.58. The Bertz CT molecular complexity index is 665. The van der Waals surface area contributed by atoms with Crippen molar-refractivity contribution in [3.8, 4) is 0 Å². The number of carbonyl (C=O) groups is 1. The molecule has 0 saturated carbocycles. The minimum Gasteiger partial charge on any atom is -0.306 e. The Morgan fingerprint density at radius 3 is 2.53 bits per heavy atom. The van der Waals surface area contributed by atoms with Crippen LogP contribution in [0.15, 0.2) is 53.6 Å². The van der Waals surface area contributed by atoms with Crippen LogP contribution < -0.4 is 10.7 Å². The third-order valence-electron chi connectivity index (χ3n) is 2.82. The molecule has 0 fully saturated rings. The zero-order valence-electron chi connectivity index (χ0n) is 9.85. The minimum absolute atomic E-state index is 0.351. The van der Waals surface area contributed by atoms with Crippen molar-refractivity contribution in [3.63, 3.8) is 0 Å². The molecular formula is C14H10ClN3O. The standard InChI is InChI=1S/C14H10ClN3O/c15-10-7-5-9(6-8-10)13-11-3-1-2-4-12(11)16-14(19)18-17-13/h1-8H,(H2,16,18,19). The zero-order valence-corrected chi connectivity index (χ0v) is 10.6. The van der Waals surface area contributed by atoms with Crippen LogP contribution >= 0.6 is 11.6 Å². The van der Waals surface area contributed by atoms with E-state index < -0.39 is 0 Å². The van der Waals surface area contributed by atoms with Gasteiger partial charge >= 0.3 is 6.03 Å². The lowest BCUT2D eigenvalue weighted by molar-refractivity contribution is 0.252. The Morgan fingerprint density at radius 1 is 1.00 bits per heavy atom. The number of benzene rings is 2. The summed E-state index contributed by atoms with van der Waals surface area (Å²) in [6, 6.07) is 14.5. The van der Waals surface area contributed by atoms with Gasteiger partial charge in [-0.2, -0.15) is 5.10 Å². The molecule has 1 aliphatic heterocycles. The summed E-state index contributed by atoms with van der Waals surface area (Å²) < 4.78 is 0. The van der Waals surface area contributed by atoms with Gasteiger partial charge in [0.1, 0.15) is 5.71 Å². The molecule has 19 heavy (non-hydrogen) atoms. The van der Waals surface area contributed by atoms with Crippen LogP contribution in [0.2, 0.25) is 5.02 Å². The molecule has 94 valence electrons. The molecule has 3 rings (SSSR count). The topological polar surface area (TPSA) is 53.5 Å². The van der Waals surface area contributed by atoms with Gasteiger partial charge in [0.2, 0.25) is 0 Å². The minimum atomic E-state index is -0.351. The summed E-state index contributed by atoms with van der Waals surface area (Å²) in [6.07, 6.45) is 0. The first kappa shape index (κ1) is 11.7. The highest BCUT2D eigenvalue weighted by atomic mass is 35.5. The molecule has 2 amide bonds. The summed E-state index contributed by atoms with van der Waals surface area (Å²) in [7, 11) is 0. The number of anilines is 1. The summed E-state index contributed by atoms with van der Waals surface area (Å²) in [6.45, 7) is 0. The SMILES string of the molecule is O=C1NN=C(c2ccc(Cl)cc2)c2ccccc2N1. The number of rotatable bonds is 1. The maximum absolute atomic E-state index is 11.5. The van der Waals surface area contributed by atoms with Crippen LogP contribution in [0.25, 0.3) is 0 Å². The number of hydrogen-bond donors (Lipinski definition) is 2. The van der Waals surface area contributed by atoms with E-state index in [2.05, 4.69) is 15.8 Å². The van der Waals surface area contributed by atoms with Crippen molar-refractivity contribution >= 4 is 29.0 Å². The van der Waals surface area contributed by atoms with Gasteiger partial charge in [0, 0.05) is 16.1 Å². The van der Waals surface area contributed by atoms with Gasteiger partial charge in [0.15, 0.2) is 0 Å². The molecule has 0 atom stereocenters. The quantitative estimate of drug-likeness (QED) is 0.822. The predicted molar refractivity (Wildman–Crippen MR) is 75.7 cm³/mol. The number of fused-ring (bicyclic) bond motifs is 1. The lowest BCUT2D eigenvalue weighted by Crippen LogP contribution is -2.22. The summed E-state index contributed by atoms with van der Waals surface area (Å²) in [5.41, 5.74) is 5.64. The first-order valence-electron chi connectivity index (χ1n) is 5.74. The monoisotopic (exact) mass is 271 g/mol. The number of nitrogens with zero attached hydrogens (tertiary/aromatic N) is 1. The zero-order chi connectivity index (χ0) is 13.2. The fourth-order valence-corrected chi connectivity index (χ4v) is 2.07. The van der Waals surface area contributed by atoms with E-state index in [0.29, 0.717) is 10.7 Å². The van der Waals surface area contributed by atoms with E-state index in [1.165, 1.54) is 0 Å². The van der Waals surface area contributed by atoms with Crippen LogP contribution in [-0.2, 0) is 0 Å². The number of nitrogens with one attached hydrogen (secondary N) is 2. The summed E-state index contributed by atoms with van der Waals surface area (Å²) >= 11 is 5.88. The fourth-order valence-electron chi connectivity index (χ4n) is 1.94. The van der Waals surface area contributed by atoms with Gasteiger partial charge < -0.3 is 5.32 Å². The smallest absolute Gasteiger partial charge is 0.306 e. The Kier molecular flexibility index (Phi) is 2.93. The van der Waals surface area contributed by atoms with Crippen molar-refractivity contribution in [2.24, 2.45) is 5.10 Å². The average molecular weight is 272 g/mol. The number of para-hydroxylation sites is 1. The van der Waals surface area contributed by atoms with Gasteiger partial charge in [-0.15, -0.1) is 0 Å². The van der Waals surface area contributed by atoms with Gasteiger partial charge in [-0.25, -0.2) is 10.2 Å². The lowest BCUT2D eigenvalue weighted by atomic mass is 10.0. The molecule has 0 radical (unpaired) electrons. The van der Waals surface area contributed by atoms with Crippen LogP contribution in [-0.4, -0.2) is 11.7 Å². The van der Waals surface area contributed by atoms with Crippen molar-refractivity contribution in [3.05, 3.63) is 64.7 Å². The molecule has 1 heterocycles. The normalized spacial score (nSPS) is 13.7. The lowest BCUT2D eigenvalue weighted by Gasteiger charge is -2.08. The number of hydrazone groups is 1. The van der Waals surface area contributed by atoms with E-state index >= 15 is 0 Å². The summed E-state index contributed by atoms with van der Waals surface area (Å²) in [4.78, 5) is 11.5. The van der Waals surface area contributed by atoms with Gasteiger partial charge in [-0.3, -0.25) is 0 Å².